The fraction of sp³-hybridized carbons (Fsp3) is 0.250. The standard InChI is InChI=1S/C24H25N5O2/c1-15-9-16(2)12-19(11-15)25-22(30)6-5-21-26-27-23-24(31)28(7-8-29(21)23)20-13-17(3)10-18(4)14-20/h7-14H,5-6H2,1-4H3,(H,25,30). The number of rotatable bonds is 5. The van der Waals surface area contributed by atoms with Gasteiger partial charge in [-0.2, -0.15) is 0 Å². The Morgan fingerprint density at radius 2 is 1.48 bits per heavy atom. The van der Waals surface area contributed by atoms with Crippen molar-refractivity contribution in [2.24, 2.45) is 0 Å². The summed E-state index contributed by atoms with van der Waals surface area (Å²) < 4.78 is 3.23. The Morgan fingerprint density at radius 3 is 2.13 bits per heavy atom. The number of aryl methyl sites for hydroxylation is 5. The zero-order valence-corrected chi connectivity index (χ0v) is 18.1. The van der Waals surface area contributed by atoms with Crippen LogP contribution < -0.4 is 10.9 Å². The molecule has 0 aliphatic carbocycles. The van der Waals surface area contributed by atoms with E-state index in [4.69, 9.17) is 0 Å². The highest BCUT2D eigenvalue weighted by molar-refractivity contribution is 5.91. The maximum absolute atomic E-state index is 13.0. The van der Waals surface area contributed by atoms with Gasteiger partial charge in [-0.3, -0.25) is 18.6 Å². The van der Waals surface area contributed by atoms with Crippen LogP contribution >= 0.6 is 0 Å². The first-order chi connectivity index (χ1) is 14.8. The number of fused-ring (bicyclic) bond motifs is 1. The Labute approximate surface area is 180 Å². The Bertz CT molecular complexity index is 1310. The molecule has 0 saturated heterocycles. The monoisotopic (exact) mass is 415 g/mol. The van der Waals surface area contributed by atoms with Crippen molar-refractivity contribution in [1.29, 1.82) is 0 Å². The Hall–Kier alpha value is -3.74. The topological polar surface area (TPSA) is 81.3 Å². The summed E-state index contributed by atoms with van der Waals surface area (Å²) >= 11 is 0. The highest BCUT2D eigenvalue weighted by Gasteiger charge is 2.13. The van der Waals surface area contributed by atoms with Gasteiger partial charge >= 0.3 is 5.56 Å². The average molecular weight is 415 g/mol. The van der Waals surface area contributed by atoms with Crippen LogP contribution in [0.2, 0.25) is 0 Å². The van der Waals surface area contributed by atoms with Gasteiger partial charge in [-0.05, 0) is 74.2 Å². The Balaban J connectivity index is 1.53. The summed E-state index contributed by atoms with van der Waals surface area (Å²) in [6, 6.07) is 11.9. The molecule has 1 amide bonds. The molecule has 0 bridgehead atoms. The minimum absolute atomic E-state index is 0.106. The molecule has 0 aliphatic heterocycles. The second-order valence-electron chi connectivity index (χ2n) is 8.05. The van der Waals surface area contributed by atoms with Crippen LogP contribution in [-0.2, 0) is 11.2 Å². The lowest BCUT2D eigenvalue weighted by molar-refractivity contribution is -0.116. The van der Waals surface area contributed by atoms with Crippen molar-refractivity contribution >= 4 is 17.2 Å². The highest BCUT2D eigenvalue weighted by Crippen LogP contribution is 2.15. The van der Waals surface area contributed by atoms with Crippen LogP contribution in [0, 0.1) is 27.7 Å². The lowest BCUT2D eigenvalue weighted by Gasteiger charge is -2.09. The van der Waals surface area contributed by atoms with Gasteiger partial charge in [0.15, 0.2) is 0 Å². The molecule has 0 spiro atoms. The molecule has 0 aliphatic rings. The third-order valence-electron chi connectivity index (χ3n) is 5.11. The smallest absolute Gasteiger partial charge is 0.300 e. The first-order valence-electron chi connectivity index (χ1n) is 10.2. The number of carbonyl (C=O) groups excluding carboxylic acids is 1. The number of benzene rings is 2. The van der Waals surface area contributed by atoms with Crippen LogP contribution in [0.25, 0.3) is 11.3 Å². The van der Waals surface area contributed by atoms with E-state index in [-0.39, 0.29) is 23.5 Å². The van der Waals surface area contributed by atoms with E-state index < -0.39 is 0 Å². The van der Waals surface area contributed by atoms with E-state index in [0.29, 0.717) is 12.2 Å². The maximum atomic E-state index is 13.0. The maximum Gasteiger partial charge on any atom is 0.300 e. The van der Waals surface area contributed by atoms with Gasteiger partial charge in [0.1, 0.15) is 5.82 Å². The molecule has 2 heterocycles. The molecule has 0 saturated carbocycles. The molecule has 4 rings (SSSR count). The van der Waals surface area contributed by atoms with Gasteiger partial charge in [-0.1, -0.05) is 12.1 Å². The first-order valence-corrected chi connectivity index (χ1v) is 10.2. The average Bonchev–Trinajstić information content (AvgIpc) is 3.09. The van der Waals surface area contributed by atoms with E-state index in [9.17, 15) is 9.59 Å². The lowest BCUT2D eigenvalue weighted by atomic mass is 10.1. The molecule has 31 heavy (non-hydrogen) atoms. The third-order valence-corrected chi connectivity index (χ3v) is 5.11. The highest BCUT2D eigenvalue weighted by atomic mass is 16.1. The lowest BCUT2D eigenvalue weighted by Crippen LogP contribution is -2.21. The summed E-state index contributed by atoms with van der Waals surface area (Å²) in [7, 11) is 0. The van der Waals surface area contributed by atoms with Gasteiger partial charge in [-0.25, -0.2) is 0 Å². The molecule has 2 aromatic heterocycles. The van der Waals surface area contributed by atoms with Crippen LogP contribution in [-0.4, -0.2) is 25.1 Å². The number of amides is 1. The third kappa shape index (κ3) is 4.40. The SMILES string of the molecule is Cc1cc(C)cc(NC(=O)CCc2nnc3c(=O)n(-c4cc(C)cc(C)c4)ccn23)c1. The van der Waals surface area contributed by atoms with Gasteiger partial charge in [0.2, 0.25) is 11.6 Å². The summed E-state index contributed by atoms with van der Waals surface area (Å²) in [6.45, 7) is 7.99. The van der Waals surface area contributed by atoms with Gasteiger partial charge < -0.3 is 5.32 Å². The molecule has 0 atom stereocenters. The van der Waals surface area contributed by atoms with Crippen molar-refractivity contribution in [3.63, 3.8) is 0 Å². The largest absolute Gasteiger partial charge is 0.326 e. The summed E-state index contributed by atoms with van der Waals surface area (Å²) in [5.41, 5.74) is 5.93. The predicted molar refractivity (Wildman–Crippen MR) is 121 cm³/mol. The van der Waals surface area contributed by atoms with E-state index >= 15 is 0 Å². The number of aromatic nitrogens is 4. The van der Waals surface area contributed by atoms with Crippen molar-refractivity contribution < 1.29 is 4.79 Å². The molecule has 4 aromatic rings. The number of anilines is 1. The molecular weight excluding hydrogens is 390 g/mol. The molecule has 7 nitrogen and oxygen atoms in total. The predicted octanol–water partition coefficient (Wildman–Crippen LogP) is 3.69. The van der Waals surface area contributed by atoms with Crippen LogP contribution in [0.5, 0.6) is 0 Å². The quantitative estimate of drug-likeness (QED) is 0.539. The fourth-order valence-corrected chi connectivity index (χ4v) is 3.89. The van der Waals surface area contributed by atoms with Gasteiger partial charge in [0.25, 0.3) is 0 Å². The molecule has 0 fully saturated rings. The van der Waals surface area contributed by atoms with Gasteiger partial charge in [0, 0.05) is 36.6 Å². The molecule has 158 valence electrons. The minimum atomic E-state index is -0.245. The molecule has 7 heteroatoms. The zero-order valence-electron chi connectivity index (χ0n) is 18.1. The van der Waals surface area contributed by atoms with Crippen LogP contribution in [0.3, 0.4) is 0 Å². The number of carbonyl (C=O) groups is 1. The molecule has 1 N–H and O–H groups in total. The Kier molecular flexibility index (Phi) is 5.42. The summed E-state index contributed by atoms with van der Waals surface area (Å²) in [5.74, 6) is 0.473. The number of nitrogens with zero attached hydrogens (tertiary/aromatic N) is 4. The van der Waals surface area contributed by atoms with Crippen LogP contribution in [0.4, 0.5) is 5.69 Å². The zero-order chi connectivity index (χ0) is 22.1. The molecular formula is C24H25N5O2. The van der Waals surface area contributed by atoms with Crippen molar-refractivity contribution in [2.75, 3.05) is 5.32 Å². The number of hydrogen-bond donors (Lipinski definition) is 1. The van der Waals surface area contributed by atoms with Crippen LogP contribution in [0.1, 0.15) is 34.5 Å². The molecule has 2 aromatic carbocycles. The minimum Gasteiger partial charge on any atom is -0.326 e. The summed E-state index contributed by atoms with van der Waals surface area (Å²) in [6.07, 6.45) is 4.11. The van der Waals surface area contributed by atoms with Crippen molar-refractivity contribution in [2.45, 2.75) is 40.5 Å². The van der Waals surface area contributed by atoms with Crippen molar-refractivity contribution in [3.8, 4) is 5.69 Å². The van der Waals surface area contributed by atoms with E-state index in [1.54, 1.807) is 21.4 Å². The fourth-order valence-electron chi connectivity index (χ4n) is 3.89. The van der Waals surface area contributed by atoms with E-state index in [1.807, 2.05) is 52.0 Å². The summed E-state index contributed by atoms with van der Waals surface area (Å²) in [4.78, 5) is 25.4. The van der Waals surface area contributed by atoms with E-state index in [2.05, 4.69) is 27.6 Å². The summed E-state index contributed by atoms with van der Waals surface area (Å²) in [5, 5.41) is 11.2. The normalized spacial score (nSPS) is 11.1. The van der Waals surface area contributed by atoms with E-state index in [1.165, 1.54) is 0 Å². The van der Waals surface area contributed by atoms with Crippen molar-refractivity contribution in [3.05, 3.63) is 87.2 Å². The number of nitrogens with one attached hydrogen (secondary N) is 1. The van der Waals surface area contributed by atoms with Crippen LogP contribution in [0.15, 0.2) is 53.6 Å². The van der Waals surface area contributed by atoms with Crippen molar-refractivity contribution in [1.82, 2.24) is 19.2 Å². The van der Waals surface area contributed by atoms with Gasteiger partial charge in [-0.15, -0.1) is 10.2 Å². The molecule has 0 unspecified atom stereocenters. The number of hydrogen-bond acceptors (Lipinski definition) is 4. The second kappa shape index (κ2) is 8.18. The Morgan fingerprint density at radius 1 is 0.871 bits per heavy atom. The molecule has 0 radical (unpaired) electrons. The van der Waals surface area contributed by atoms with E-state index in [0.717, 1.165) is 33.6 Å². The van der Waals surface area contributed by atoms with Gasteiger partial charge in [0.05, 0.1) is 0 Å². The first kappa shape index (κ1) is 20.5. The second-order valence-corrected chi connectivity index (χ2v) is 8.05.